The molecule has 0 saturated carbocycles. The molecule has 5 heteroatoms. The molecule has 5 nitrogen and oxygen atoms in total. The van der Waals surface area contributed by atoms with Gasteiger partial charge in [-0.2, -0.15) is 0 Å². The third-order valence-electron chi connectivity index (χ3n) is 9.87. The summed E-state index contributed by atoms with van der Waals surface area (Å²) < 4.78 is 0. The number of benzene rings is 5. The van der Waals surface area contributed by atoms with Crippen molar-refractivity contribution in [3.63, 3.8) is 0 Å². The maximum Gasteiger partial charge on any atom is 0.164 e. The number of hydrogen-bond acceptors (Lipinski definition) is 5. The molecule has 0 amide bonds. The first-order valence-electron chi connectivity index (χ1n) is 16.3. The van der Waals surface area contributed by atoms with E-state index in [4.69, 9.17) is 19.9 Å². The highest BCUT2D eigenvalue weighted by Gasteiger charge is 2.47. The van der Waals surface area contributed by atoms with Gasteiger partial charge in [0.25, 0.3) is 0 Å². The van der Waals surface area contributed by atoms with E-state index in [1.807, 2.05) is 60.7 Å². The lowest BCUT2D eigenvalue weighted by atomic mass is 9.75. The molecular formula is C42H29N5. The highest BCUT2D eigenvalue weighted by atomic mass is 15.3. The summed E-state index contributed by atoms with van der Waals surface area (Å²) in [6.45, 7) is 0. The van der Waals surface area contributed by atoms with E-state index in [2.05, 4.69) is 83.8 Å². The molecule has 6 aromatic rings. The molecule has 0 fully saturated rings. The van der Waals surface area contributed by atoms with Gasteiger partial charge >= 0.3 is 0 Å². The molecule has 47 heavy (non-hydrogen) atoms. The monoisotopic (exact) mass is 603 g/mol. The Hall–Kier alpha value is -5.94. The van der Waals surface area contributed by atoms with Gasteiger partial charge < -0.3 is 4.90 Å². The van der Waals surface area contributed by atoms with E-state index in [0.717, 1.165) is 40.9 Å². The highest BCUT2D eigenvalue weighted by Crippen LogP contribution is 2.53. The standard InChI is InChI=1S/C42H29N5/c1-3-13-26(14-4-1)39-44-40(27-15-5-2-6-16-27)46-41(45-39)28-23-24-36-35(25-28)31-19-9-12-22-34(31)42-43-37-32-20-10-7-17-29(32)30-18-8-11-21-33(30)38(37)47(36)42/h1-7,9-17,19-25,37-38H,8,18H2. The molecule has 0 N–H and O–H groups in total. The number of rotatable bonds is 3. The van der Waals surface area contributed by atoms with Crippen molar-refractivity contribution in [1.82, 2.24) is 15.0 Å². The third kappa shape index (κ3) is 4.03. The number of hydrogen-bond donors (Lipinski definition) is 0. The molecule has 222 valence electrons. The smallest absolute Gasteiger partial charge is 0.164 e. The zero-order chi connectivity index (χ0) is 30.9. The van der Waals surface area contributed by atoms with Crippen LogP contribution in [0.3, 0.4) is 0 Å². The summed E-state index contributed by atoms with van der Waals surface area (Å²) in [5, 5.41) is 0. The lowest BCUT2D eigenvalue weighted by Crippen LogP contribution is -2.43. The SMILES string of the molecule is C1=CC2=C(CC1)c1ccccc1C1N=C3c4ccccc4-c4cc(-c5nc(-c6ccccc6)nc(-c6ccccc6)n5)ccc4N3C21. The Morgan fingerprint density at radius 3 is 1.89 bits per heavy atom. The minimum atomic E-state index is 0.0341. The first kappa shape index (κ1) is 26.3. The molecule has 2 atom stereocenters. The highest BCUT2D eigenvalue weighted by molar-refractivity contribution is 6.21. The molecule has 10 rings (SSSR count). The Kier molecular flexibility index (Phi) is 5.76. The van der Waals surface area contributed by atoms with Crippen molar-refractivity contribution in [2.45, 2.75) is 24.9 Å². The van der Waals surface area contributed by atoms with Crippen molar-refractivity contribution in [2.24, 2.45) is 4.99 Å². The Labute approximate surface area is 273 Å². The van der Waals surface area contributed by atoms with Gasteiger partial charge in [-0.05, 0) is 58.9 Å². The van der Waals surface area contributed by atoms with Crippen LogP contribution in [0.25, 0.3) is 50.9 Å². The van der Waals surface area contributed by atoms with Gasteiger partial charge in [0, 0.05) is 27.8 Å². The summed E-state index contributed by atoms with van der Waals surface area (Å²) in [6, 6.07) is 44.7. The van der Waals surface area contributed by atoms with Gasteiger partial charge in [-0.1, -0.05) is 121 Å². The number of aromatic nitrogens is 3. The van der Waals surface area contributed by atoms with Gasteiger partial charge in [0.15, 0.2) is 17.5 Å². The van der Waals surface area contributed by atoms with E-state index in [9.17, 15) is 0 Å². The molecule has 0 radical (unpaired) electrons. The van der Waals surface area contributed by atoms with Crippen LogP contribution >= 0.6 is 0 Å². The van der Waals surface area contributed by atoms with E-state index in [1.165, 1.54) is 39.1 Å². The van der Waals surface area contributed by atoms with E-state index in [1.54, 1.807) is 0 Å². The first-order valence-corrected chi connectivity index (χ1v) is 16.3. The first-order chi connectivity index (χ1) is 23.3. The molecule has 2 aliphatic heterocycles. The van der Waals surface area contributed by atoms with Gasteiger partial charge in [0.1, 0.15) is 11.9 Å². The van der Waals surface area contributed by atoms with E-state index in [0.29, 0.717) is 17.5 Å². The van der Waals surface area contributed by atoms with E-state index in [-0.39, 0.29) is 12.1 Å². The second-order valence-corrected chi connectivity index (χ2v) is 12.5. The van der Waals surface area contributed by atoms with Gasteiger partial charge in [-0.3, -0.25) is 4.99 Å². The van der Waals surface area contributed by atoms with Gasteiger partial charge in [0.2, 0.25) is 0 Å². The number of nitrogens with zero attached hydrogens (tertiary/aromatic N) is 5. The molecule has 0 spiro atoms. The molecule has 0 saturated heterocycles. The average molecular weight is 604 g/mol. The number of amidine groups is 1. The van der Waals surface area contributed by atoms with Crippen molar-refractivity contribution in [3.8, 4) is 45.3 Å². The average Bonchev–Trinajstić information content (AvgIpc) is 3.57. The van der Waals surface area contributed by atoms with Crippen LogP contribution in [0.1, 0.15) is 35.6 Å². The number of fused-ring (bicyclic) bond motifs is 12. The summed E-state index contributed by atoms with van der Waals surface area (Å²) in [4.78, 5) is 23.0. The summed E-state index contributed by atoms with van der Waals surface area (Å²) in [5.74, 6) is 3.03. The van der Waals surface area contributed by atoms with Crippen LogP contribution in [0, 0.1) is 0 Å². The normalized spacial score (nSPS) is 18.4. The van der Waals surface area contributed by atoms with Crippen LogP contribution in [0.5, 0.6) is 0 Å². The minimum absolute atomic E-state index is 0.0341. The van der Waals surface area contributed by atoms with Crippen LogP contribution in [0.15, 0.2) is 150 Å². The van der Waals surface area contributed by atoms with Crippen LogP contribution < -0.4 is 4.90 Å². The maximum absolute atomic E-state index is 5.52. The van der Waals surface area contributed by atoms with Crippen LogP contribution in [-0.4, -0.2) is 26.8 Å². The number of anilines is 1. The topological polar surface area (TPSA) is 54.3 Å². The van der Waals surface area contributed by atoms with Crippen LogP contribution in [0.2, 0.25) is 0 Å². The fraction of sp³-hybridized carbons (Fsp3) is 0.0952. The predicted octanol–water partition coefficient (Wildman–Crippen LogP) is 9.35. The second-order valence-electron chi connectivity index (χ2n) is 12.5. The van der Waals surface area contributed by atoms with Crippen molar-refractivity contribution in [1.29, 1.82) is 0 Å². The van der Waals surface area contributed by atoms with Gasteiger partial charge in [0.05, 0.1) is 11.7 Å². The molecule has 0 bridgehead atoms. The predicted molar refractivity (Wildman–Crippen MR) is 189 cm³/mol. The van der Waals surface area contributed by atoms with Gasteiger partial charge in [-0.25, -0.2) is 15.0 Å². The number of aliphatic imine (C=N–C) groups is 1. The molecule has 1 aromatic heterocycles. The fourth-order valence-corrected chi connectivity index (χ4v) is 7.78. The molecule has 5 aromatic carbocycles. The van der Waals surface area contributed by atoms with Crippen molar-refractivity contribution in [3.05, 3.63) is 162 Å². The lowest BCUT2D eigenvalue weighted by Gasteiger charge is -2.40. The largest absolute Gasteiger partial charge is 0.315 e. The van der Waals surface area contributed by atoms with E-state index < -0.39 is 0 Å². The zero-order valence-electron chi connectivity index (χ0n) is 25.6. The number of allylic oxidation sites excluding steroid dienone is 2. The van der Waals surface area contributed by atoms with Crippen LogP contribution in [-0.2, 0) is 0 Å². The Morgan fingerprint density at radius 2 is 1.17 bits per heavy atom. The quantitative estimate of drug-likeness (QED) is 0.202. The Bertz CT molecular complexity index is 2260. The Morgan fingerprint density at radius 1 is 0.553 bits per heavy atom. The minimum Gasteiger partial charge on any atom is -0.315 e. The summed E-state index contributed by atoms with van der Waals surface area (Å²) in [5.41, 5.74) is 13.1. The Balaban J connectivity index is 1.17. The van der Waals surface area contributed by atoms with Crippen molar-refractivity contribution >= 4 is 17.1 Å². The molecule has 2 aliphatic carbocycles. The van der Waals surface area contributed by atoms with Gasteiger partial charge in [-0.15, -0.1) is 0 Å². The summed E-state index contributed by atoms with van der Waals surface area (Å²) in [7, 11) is 0. The molecule has 2 unspecified atom stereocenters. The summed E-state index contributed by atoms with van der Waals surface area (Å²) >= 11 is 0. The molecule has 4 aliphatic rings. The van der Waals surface area contributed by atoms with E-state index >= 15 is 0 Å². The van der Waals surface area contributed by atoms with Crippen molar-refractivity contribution < 1.29 is 0 Å². The molecule has 3 heterocycles. The maximum atomic E-state index is 5.52. The third-order valence-corrected chi connectivity index (χ3v) is 9.87. The van der Waals surface area contributed by atoms with Crippen LogP contribution in [0.4, 0.5) is 5.69 Å². The summed E-state index contributed by atoms with van der Waals surface area (Å²) in [6.07, 6.45) is 6.83. The molecular weight excluding hydrogens is 574 g/mol. The second kappa shape index (κ2) is 10.3. The van der Waals surface area contributed by atoms with Crippen molar-refractivity contribution in [2.75, 3.05) is 4.90 Å². The zero-order valence-corrected chi connectivity index (χ0v) is 25.6. The fourth-order valence-electron chi connectivity index (χ4n) is 7.78. The lowest BCUT2D eigenvalue weighted by molar-refractivity contribution is 0.641.